The number of hydrogen-bond donors (Lipinski definition) is 1. The van der Waals surface area contributed by atoms with Gasteiger partial charge in [-0.2, -0.15) is 0 Å². The van der Waals surface area contributed by atoms with Gasteiger partial charge in [0.15, 0.2) is 6.10 Å². The molecule has 24 heavy (non-hydrogen) atoms. The van der Waals surface area contributed by atoms with Crippen molar-refractivity contribution in [1.29, 1.82) is 0 Å². The third kappa shape index (κ3) is 1.56. The van der Waals surface area contributed by atoms with E-state index in [1.54, 1.807) is 0 Å². The maximum atomic E-state index is 12.1. The summed E-state index contributed by atoms with van der Waals surface area (Å²) in [7, 11) is 0. The Labute approximate surface area is 143 Å². The number of fused-ring (bicyclic) bond motifs is 4. The number of hydrogen-bond acceptors (Lipinski definition) is 4. The molecule has 3 aliphatic carbocycles. The molecular weight excluding hydrogens is 304 g/mol. The highest BCUT2D eigenvalue weighted by molar-refractivity contribution is 5.92. The Balaban J connectivity index is 1.61. The van der Waals surface area contributed by atoms with Gasteiger partial charge in [0.1, 0.15) is 17.8 Å². The highest BCUT2D eigenvalue weighted by Gasteiger charge is 2.77. The van der Waals surface area contributed by atoms with Crippen molar-refractivity contribution in [3.05, 3.63) is 11.1 Å². The Morgan fingerprint density at radius 1 is 1.17 bits per heavy atom. The van der Waals surface area contributed by atoms with Crippen LogP contribution in [0, 0.1) is 22.7 Å². The maximum absolute atomic E-state index is 12.1. The second-order valence-electron chi connectivity index (χ2n) is 9.77. The Hall–Kier alpha value is -0.870. The van der Waals surface area contributed by atoms with Crippen LogP contribution in [0.3, 0.4) is 0 Å². The van der Waals surface area contributed by atoms with E-state index >= 15 is 0 Å². The summed E-state index contributed by atoms with van der Waals surface area (Å²) in [5.41, 5.74) is 1.70. The number of rotatable bonds is 0. The Bertz CT molecular complexity index is 665. The molecule has 0 aromatic heterocycles. The molecule has 0 amide bonds. The smallest absolute Gasteiger partial charge is 0.334 e. The van der Waals surface area contributed by atoms with E-state index in [0.717, 1.165) is 24.8 Å². The van der Waals surface area contributed by atoms with Crippen molar-refractivity contribution in [2.24, 2.45) is 22.7 Å². The van der Waals surface area contributed by atoms with Crippen molar-refractivity contribution in [2.75, 3.05) is 0 Å². The van der Waals surface area contributed by atoms with Gasteiger partial charge in [-0.25, -0.2) is 4.79 Å². The van der Waals surface area contributed by atoms with Gasteiger partial charge in [0.25, 0.3) is 0 Å². The SMILES string of the molecule is CC1=C2[C@@H](OC1=O)[C@@H](O)[C@H]1[C@]3(C)CCCC(C)(C)[C@H]3CC[C@@]13O[C@@H]23. The molecule has 7 atom stereocenters. The summed E-state index contributed by atoms with van der Waals surface area (Å²) in [5, 5.41) is 11.3. The highest BCUT2D eigenvalue weighted by Crippen LogP contribution is 2.71. The van der Waals surface area contributed by atoms with Crippen LogP contribution in [0.4, 0.5) is 0 Å². The molecule has 1 N–H and O–H groups in total. The Morgan fingerprint density at radius 2 is 1.92 bits per heavy atom. The molecule has 132 valence electrons. The monoisotopic (exact) mass is 332 g/mol. The zero-order chi connectivity index (χ0) is 17.1. The summed E-state index contributed by atoms with van der Waals surface area (Å²) in [6.45, 7) is 8.96. The normalized spacial score (nSPS) is 54.4. The van der Waals surface area contributed by atoms with Crippen molar-refractivity contribution in [2.45, 2.75) is 83.7 Å². The molecule has 1 spiro atoms. The van der Waals surface area contributed by atoms with Crippen LogP contribution in [0.25, 0.3) is 0 Å². The van der Waals surface area contributed by atoms with Gasteiger partial charge in [-0.1, -0.05) is 27.2 Å². The number of aliphatic hydroxyl groups is 1. The number of esters is 1. The largest absolute Gasteiger partial charge is 0.452 e. The molecule has 4 nitrogen and oxygen atoms in total. The zero-order valence-electron chi connectivity index (χ0n) is 15.1. The first-order valence-electron chi connectivity index (χ1n) is 9.50. The quantitative estimate of drug-likeness (QED) is 0.547. The van der Waals surface area contributed by atoms with E-state index in [4.69, 9.17) is 9.47 Å². The minimum absolute atomic E-state index is 0.00911. The Kier molecular flexibility index (Phi) is 2.74. The van der Waals surface area contributed by atoms with Crippen LogP contribution in [0.5, 0.6) is 0 Å². The number of epoxide rings is 1. The van der Waals surface area contributed by atoms with E-state index in [2.05, 4.69) is 20.8 Å². The number of carbonyl (C=O) groups is 1. The fraction of sp³-hybridized carbons (Fsp3) is 0.850. The molecule has 0 bridgehead atoms. The standard InChI is InChI=1S/C20H28O4/c1-10-12-14(23-17(10)22)13(21)15-19(4)8-5-7-18(2,3)11(19)6-9-20(15)16(12)24-20/h11,13-16,21H,5-9H2,1-4H3/t11-,13-,14-,15+,16+,19-,20-/m1/s1. The lowest BCUT2D eigenvalue weighted by Gasteiger charge is -2.61. The summed E-state index contributed by atoms with van der Waals surface area (Å²) in [6, 6.07) is 0. The van der Waals surface area contributed by atoms with Crippen molar-refractivity contribution in [3.8, 4) is 0 Å². The molecule has 1 saturated heterocycles. The third-order valence-electron chi connectivity index (χ3n) is 8.27. The van der Waals surface area contributed by atoms with Crippen molar-refractivity contribution >= 4 is 5.97 Å². The lowest BCUT2D eigenvalue weighted by atomic mass is 9.43. The van der Waals surface area contributed by atoms with Gasteiger partial charge in [0.05, 0.1) is 0 Å². The predicted octanol–water partition coefficient (Wildman–Crippen LogP) is 2.98. The van der Waals surface area contributed by atoms with E-state index in [1.165, 1.54) is 12.8 Å². The van der Waals surface area contributed by atoms with E-state index < -0.39 is 12.2 Å². The summed E-state index contributed by atoms with van der Waals surface area (Å²) in [6.07, 6.45) is 4.64. The van der Waals surface area contributed by atoms with Gasteiger partial charge >= 0.3 is 5.97 Å². The molecule has 3 saturated carbocycles. The van der Waals surface area contributed by atoms with Crippen LogP contribution in [0.15, 0.2) is 11.1 Å². The first-order chi connectivity index (χ1) is 11.2. The number of carbonyl (C=O) groups excluding carboxylic acids is 1. The minimum atomic E-state index is -0.637. The van der Waals surface area contributed by atoms with Gasteiger partial charge < -0.3 is 14.6 Å². The molecule has 2 aliphatic heterocycles. The minimum Gasteiger partial charge on any atom is -0.452 e. The summed E-state index contributed by atoms with van der Waals surface area (Å²) >= 11 is 0. The fourth-order valence-electron chi connectivity index (χ4n) is 7.33. The topological polar surface area (TPSA) is 59.1 Å². The van der Waals surface area contributed by atoms with Gasteiger partial charge in [-0.3, -0.25) is 0 Å². The van der Waals surface area contributed by atoms with Crippen LogP contribution >= 0.6 is 0 Å². The van der Waals surface area contributed by atoms with E-state index in [0.29, 0.717) is 16.9 Å². The van der Waals surface area contributed by atoms with Crippen LogP contribution in [0.2, 0.25) is 0 Å². The van der Waals surface area contributed by atoms with E-state index in [-0.39, 0.29) is 29.0 Å². The van der Waals surface area contributed by atoms with Gasteiger partial charge in [-0.05, 0) is 49.4 Å². The Morgan fingerprint density at radius 3 is 2.67 bits per heavy atom. The first-order valence-corrected chi connectivity index (χ1v) is 9.50. The second kappa shape index (κ2) is 4.27. The van der Waals surface area contributed by atoms with Crippen molar-refractivity contribution < 1.29 is 19.4 Å². The van der Waals surface area contributed by atoms with Gasteiger partial charge in [0.2, 0.25) is 0 Å². The summed E-state index contributed by atoms with van der Waals surface area (Å²) < 4.78 is 11.9. The van der Waals surface area contributed by atoms with Crippen molar-refractivity contribution in [1.82, 2.24) is 0 Å². The van der Waals surface area contributed by atoms with Gasteiger partial charge in [0, 0.05) is 17.1 Å². The third-order valence-corrected chi connectivity index (χ3v) is 8.27. The lowest BCUT2D eigenvalue weighted by molar-refractivity contribution is -0.174. The average molecular weight is 332 g/mol. The molecule has 4 fully saturated rings. The zero-order valence-corrected chi connectivity index (χ0v) is 15.1. The van der Waals surface area contributed by atoms with Crippen LogP contribution < -0.4 is 0 Å². The molecule has 5 aliphatic rings. The second-order valence-corrected chi connectivity index (χ2v) is 9.77. The van der Waals surface area contributed by atoms with Crippen LogP contribution in [-0.4, -0.2) is 35.0 Å². The summed E-state index contributed by atoms with van der Waals surface area (Å²) in [5.74, 6) is 0.391. The molecule has 5 rings (SSSR count). The van der Waals surface area contributed by atoms with Gasteiger partial charge in [-0.15, -0.1) is 0 Å². The molecule has 0 aromatic carbocycles. The van der Waals surface area contributed by atoms with E-state index in [1.807, 2.05) is 6.92 Å². The molecule has 2 heterocycles. The molecule has 0 unspecified atom stereocenters. The number of ether oxygens (including phenoxy) is 2. The fourth-order valence-corrected chi connectivity index (χ4v) is 7.33. The molecule has 0 aromatic rings. The molecular formula is C20H28O4. The van der Waals surface area contributed by atoms with E-state index in [9.17, 15) is 9.90 Å². The lowest BCUT2D eigenvalue weighted by Crippen LogP contribution is -2.63. The first kappa shape index (κ1) is 15.4. The predicted molar refractivity (Wildman–Crippen MR) is 88.1 cm³/mol. The highest BCUT2D eigenvalue weighted by atomic mass is 16.6. The van der Waals surface area contributed by atoms with Crippen LogP contribution in [0.1, 0.15) is 59.8 Å². The number of aliphatic hydroxyl groups excluding tert-OH is 1. The summed E-state index contributed by atoms with van der Waals surface area (Å²) in [4.78, 5) is 12.1. The maximum Gasteiger partial charge on any atom is 0.334 e. The van der Waals surface area contributed by atoms with Crippen LogP contribution in [-0.2, 0) is 14.3 Å². The van der Waals surface area contributed by atoms with Crippen molar-refractivity contribution in [3.63, 3.8) is 0 Å². The molecule has 0 radical (unpaired) electrons. The average Bonchev–Trinajstić information content (AvgIpc) is 3.10. The molecule has 4 heteroatoms.